The molecule has 1 aromatic carbocycles. The zero-order valence-corrected chi connectivity index (χ0v) is 15.3. The highest BCUT2D eigenvalue weighted by Gasteiger charge is 2.32. The summed E-state index contributed by atoms with van der Waals surface area (Å²) in [5.41, 5.74) is 0.455. The first-order valence-electron chi connectivity index (χ1n) is 10.2. The number of hydrogen-bond acceptors (Lipinski definition) is 0. The number of benzene rings is 1. The summed E-state index contributed by atoms with van der Waals surface area (Å²) in [7, 11) is 0. The normalized spacial score (nSPS) is 30.6. The first-order valence-corrected chi connectivity index (χ1v) is 10.2. The fraction of sp³-hybridized carbons (Fsp3) is 0.727. The fourth-order valence-corrected chi connectivity index (χ4v) is 5.29. The third kappa shape index (κ3) is 4.60. The van der Waals surface area contributed by atoms with Crippen LogP contribution >= 0.6 is 0 Å². The fourth-order valence-electron chi connectivity index (χ4n) is 5.29. The van der Waals surface area contributed by atoms with Crippen LogP contribution in [-0.4, -0.2) is 0 Å². The van der Waals surface area contributed by atoms with Crippen LogP contribution in [0.15, 0.2) is 18.2 Å². The minimum Gasteiger partial charge on any atom is -0.206 e. The Bertz CT molecular complexity index is 546. The van der Waals surface area contributed by atoms with E-state index in [1.54, 1.807) is 6.07 Å². The molecule has 0 aromatic heterocycles. The lowest BCUT2D eigenvalue weighted by Gasteiger charge is -2.38. The van der Waals surface area contributed by atoms with Crippen LogP contribution in [-0.2, 0) is 0 Å². The molecule has 0 unspecified atom stereocenters. The van der Waals surface area contributed by atoms with Gasteiger partial charge in [0.25, 0.3) is 6.43 Å². The molecule has 0 bridgehead atoms. The topological polar surface area (TPSA) is 0 Å². The second-order valence-electron chi connectivity index (χ2n) is 8.27. The minimum absolute atomic E-state index is 0.341. The summed E-state index contributed by atoms with van der Waals surface area (Å²) >= 11 is 0. The van der Waals surface area contributed by atoms with Crippen molar-refractivity contribution in [3.8, 4) is 0 Å². The molecule has 2 fully saturated rings. The van der Waals surface area contributed by atoms with E-state index in [1.807, 2.05) is 0 Å². The molecular weight excluding hydrogens is 321 g/mol. The number of hydrogen-bond donors (Lipinski definition) is 0. The Balaban J connectivity index is 1.61. The van der Waals surface area contributed by atoms with Crippen LogP contribution in [0.5, 0.6) is 0 Å². The molecule has 0 heterocycles. The highest BCUT2D eigenvalue weighted by Crippen LogP contribution is 2.45. The van der Waals surface area contributed by atoms with Gasteiger partial charge in [0.15, 0.2) is 0 Å². The van der Waals surface area contributed by atoms with Crippen LogP contribution in [0.4, 0.5) is 13.2 Å². The Hall–Kier alpha value is -0.990. The van der Waals surface area contributed by atoms with Crippen molar-refractivity contribution < 1.29 is 13.2 Å². The maximum absolute atomic E-state index is 13.9. The predicted octanol–water partition coefficient (Wildman–Crippen LogP) is 7.64. The summed E-state index contributed by atoms with van der Waals surface area (Å²) in [5.74, 6) is 2.08. The third-order valence-electron chi connectivity index (χ3n) is 6.70. The summed E-state index contributed by atoms with van der Waals surface area (Å²) in [4.78, 5) is 0. The van der Waals surface area contributed by atoms with E-state index < -0.39 is 17.8 Å². The second-order valence-corrected chi connectivity index (χ2v) is 8.27. The maximum Gasteiger partial charge on any atom is 0.266 e. The molecule has 3 heteroatoms. The van der Waals surface area contributed by atoms with E-state index in [0.29, 0.717) is 5.92 Å². The van der Waals surface area contributed by atoms with Crippen molar-refractivity contribution >= 4 is 0 Å². The van der Waals surface area contributed by atoms with Crippen molar-refractivity contribution in [1.82, 2.24) is 0 Å². The predicted molar refractivity (Wildman–Crippen MR) is 96.4 cm³/mol. The molecule has 0 amide bonds. The molecule has 0 nitrogen and oxygen atoms in total. The molecule has 0 spiro atoms. The van der Waals surface area contributed by atoms with Gasteiger partial charge in [0.05, 0.1) is 5.56 Å². The molecule has 140 valence electrons. The molecule has 25 heavy (non-hydrogen) atoms. The van der Waals surface area contributed by atoms with Crippen molar-refractivity contribution in [3.63, 3.8) is 0 Å². The Labute approximate surface area is 150 Å². The average molecular weight is 352 g/mol. The van der Waals surface area contributed by atoms with Gasteiger partial charge in [-0.2, -0.15) is 0 Å². The van der Waals surface area contributed by atoms with Crippen LogP contribution < -0.4 is 0 Å². The zero-order valence-electron chi connectivity index (χ0n) is 15.3. The van der Waals surface area contributed by atoms with Gasteiger partial charge in [-0.25, -0.2) is 13.2 Å². The monoisotopic (exact) mass is 352 g/mol. The van der Waals surface area contributed by atoms with E-state index in [0.717, 1.165) is 36.2 Å². The van der Waals surface area contributed by atoms with E-state index in [-0.39, 0.29) is 0 Å². The summed E-state index contributed by atoms with van der Waals surface area (Å²) in [6.07, 6.45) is 10.0. The minimum atomic E-state index is -2.73. The van der Waals surface area contributed by atoms with Gasteiger partial charge in [0, 0.05) is 0 Å². The van der Waals surface area contributed by atoms with Crippen molar-refractivity contribution in [2.45, 2.75) is 83.5 Å². The maximum atomic E-state index is 13.9. The van der Waals surface area contributed by atoms with E-state index in [9.17, 15) is 13.2 Å². The summed E-state index contributed by atoms with van der Waals surface area (Å²) in [6, 6.07) is 4.39. The van der Waals surface area contributed by atoms with Gasteiger partial charge in [-0.1, -0.05) is 57.6 Å². The quantitative estimate of drug-likeness (QED) is 0.510. The zero-order chi connectivity index (χ0) is 17.8. The van der Waals surface area contributed by atoms with Gasteiger partial charge < -0.3 is 0 Å². The highest BCUT2D eigenvalue weighted by molar-refractivity contribution is 5.28. The number of alkyl halides is 2. The molecule has 1 aromatic rings. The number of halogens is 3. The van der Waals surface area contributed by atoms with Crippen LogP contribution in [0, 0.1) is 23.6 Å². The van der Waals surface area contributed by atoms with Gasteiger partial charge in [0.1, 0.15) is 5.82 Å². The first-order chi connectivity index (χ1) is 12.1. The van der Waals surface area contributed by atoms with Crippen molar-refractivity contribution in [1.29, 1.82) is 0 Å². The SMILES string of the molecule is CCCC1CCC([C@H]2CCC[C@H](c3ccc(C(F)F)c(F)c3)C2)CC1. The molecule has 2 aliphatic rings. The van der Waals surface area contributed by atoms with E-state index in [2.05, 4.69) is 6.92 Å². The summed E-state index contributed by atoms with van der Waals surface area (Å²) in [5, 5.41) is 0. The Kier molecular flexibility index (Phi) is 6.46. The molecule has 2 aliphatic carbocycles. The molecule has 0 aliphatic heterocycles. The van der Waals surface area contributed by atoms with Crippen molar-refractivity contribution in [3.05, 3.63) is 35.1 Å². The van der Waals surface area contributed by atoms with Crippen molar-refractivity contribution in [2.75, 3.05) is 0 Å². The van der Waals surface area contributed by atoms with Crippen LogP contribution in [0.2, 0.25) is 0 Å². The van der Waals surface area contributed by atoms with Gasteiger partial charge in [-0.15, -0.1) is 0 Å². The molecule has 0 radical (unpaired) electrons. The van der Waals surface area contributed by atoms with Crippen LogP contribution in [0.3, 0.4) is 0 Å². The van der Waals surface area contributed by atoms with Gasteiger partial charge in [0.2, 0.25) is 0 Å². The largest absolute Gasteiger partial charge is 0.266 e. The summed E-state index contributed by atoms with van der Waals surface area (Å²) < 4.78 is 39.4. The lowest BCUT2D eigenvalue weighted by atomic mass is 9.67. The molecule has 2 atom stereocenters. The molecular formula is C22H31F3. The Morgan fingerprint density at radius 2 is 1.76 bits per heavy atom. The van der Waals surface area contributed by atoms with Gasteiger partial charge in [-0.3, -0.25) is 0 Å². The molecule has 0 saturated heterocycles. The first kappa shape index (κ1) is 18.8. The average Bonchev–Trinajstić information content (AvgIpc) is 2.62. The molecule has 3 rings (SSSR count). The number of rotatable bonds is 5. The van der Waals surface area contributed by atoms with E-state index in [4.69, 9.17) is 0 Å². The Morgan fingerprint density at radius 3 is 2.40 bits per heavy atom. The van der Waals surface area contributed by atoms with Gasteiger partial charge >= 0.3 is 0 Å². The standard InChI is InChI=1S/C22H31F3/c1-2-4-15-7-9-16(10-8-15)17-5-3-6-18(13-17)19-11-12-20(22(24)25)21(23)14-19/h11-12,14-18,22H,2-10,13H2,1H3/t15?,16?,17-,18-/m0/s1. The van der Waals surface area contributed by atoms with Gasteiger partial charge in [-0.05, 0) is 61.0 Å². The molecule has 0 N–H and O–H groups in total. The second kappa shape index (κ2) is 8.60. The third-order valence-corrected chi connectivity index (χ3v) is 6.70. The van der Waals surface area contributed by atoms with E-state index in [1.165, 1.54) is 63.5 Å². The van der Waals surface area contributed by atoms with Crippen LogP contribution in [0.1, 0.15) is 94.6 Å². The Morgan fingerprint density at radius 1 is 1.00 bits per heavy atom. The lowest BCUT2D eigenvalue weighted by Crippen LogP contribution is -2.26. The van der Waals surface area contributed by atoms with Crippen molar-refractivity contribution in [2.24, 2.45) is 17.8 Å². The molecule has 2 saturated carbocycles. The smallest absolute Gasteiger partial charge is 0.206 e. The highest BCUT2D eigenvalue weighted by atomic mass is 19.3. The lowest BCUT2D eigenvalue weighted by molar-refractivity contribution is 0.146. The van der Waals surface area contributed by atoms with E-state index >= 15 is 0 Å². The summed E-state index contributed by atoms with van der Waals surface area (Å²) in [6.45, 7) is 2.27. The van der Waals surface area contributed by atoms with Crippen LogP contribution in [0.25, 0.3) is 0 Å².